The Morgan fingerprint density at radius 3 is 2.83 bits per heavy atom. The number of thiophene rings is 1. The zero-order valence-electron chi connectivity index (χ0n) is 16.4. The van der Waals surface area contributed by atoms with Gasteiger partial charge in [0, 0.05) is 28.3 Å². The molecule has 1 saturated carbocycles. The Morgan fingerprint density at radius 1 is 1.28 bits per heavy atom. The molecule has 1 fully saturated rings. The van der Waals surface area contributed by atoms with E-state index >= 15 is 0 Å². The number of carboxylic acid groups (broad SMARTS) is 1. The SMILES string of the molecule is O=C(O)CCC/C=C\C[C@H]1C(=O)C[C@@H](O)[C@@H]1CC[C@@H](O)c1cc2ccccc2s1. The van der Waals surface area contributed by atoms with E-state index in [4.69, 9.17) is 5.11 Å². The van der Waals surface area contributed by atoms with E-state index in [1.807, 2.05) is 42.5 Å². The summed E-state index contributed by atoms with van der Waals surface area (Å²) in [6, 6.07) is 10.0. The second-order valence-electron chi connectivity index (χ2n) is 7.78. The van der Waals surface area contributed by atoms with Crippen molar-refractivity contribution in [1.29, 1.82) is 0 Å². The molecule has 0 spiro atoms. The van der Waals surface area contributed by atoms with Crippen LogP contribution in [0.3, 0.4) is 0 Å². The van der Waals surface area contributed by atoms with Crippen LogP contribution in [0.4, 0.5) is 0 Å². The minimum atomic E-state index is -0.801. The van der Waals surface area contributed by atoms with Gasteiger partial charge in [0.05, 0.1) is 12.2 Å². The molecule has 4 atom stereocenters. The van der Waals surface area contributed by atoms with E-state index in [1.165, 1.54) is 0 Å². The first-order valence-corrected chi connectivity index (χ1v) is 11.0. The van der Waals surface area contributed by atoms with Crippen molar-refractivity contribution in [3.8, 4) is 0 Å². The predicted octanol–water partition coefficient (Wildman–Crippen LogP) is 4.48. The molecule has 0 saturated heterocycles. The molecule has 6 heteroatoms. The van der Waals surface area contributed by atoms with Crippen molar-refractivity contribution >= 4 is 33.2 Å². The molecular weight excluding hydrogens is 388 g/mol. The number of hydrogen-bond acceptors (Lipinski definition) is 5. The van der Waals surface area contributed by atoms with Crippen molar-refractivity contribution in [3.63, 3.8) is 0 Å². The van der Waals surface area contributed by atoms with Gasteiger partial charge in [0.15, 0.2) is 0 Å². The highest BCUT2D eigenvalue weighted by atomic mass is 32.1. The maximum absolute atomic E-state index is 12.3. The quantitative estimate of drug-likeness (QED) is 0.392. The highest BCUT2D eigenvalue weighted by Crippen LogP contribution is 2.38. The van der Waals surface area contributed by atoms with Crippen LogP contribution < -0.4 is 0 Å². The molecule has 156 valence electrons. The van der Waals surface area contributed by atoms with E-state index in [2.05, 4.69) is 0 Å². The Hall–Kier alpha value is -2.02. The summed E-state index contributed by atoms with van der Waals surface area (Å²) in [4.78, 5) is 23.7. The van der Waals surface area contributed by atoms with Crippen LogP contribution in [-0.2, 0) is 9.59 Å². The standard InChI is InChI=1S/C23H28O5S/c24-18(22-13-15-7-5-6-9-21(15)29-22)12-11-17-16(19(25)14-20(17)26)8-3-1-2-4-10-23(27)28/h1,3,5-7,9,13,16-18,20,24,26H,2,4,8,10-12,14H2,(H,27,28)/b3-1-/t16-,17-,18-,20-/m1/s1. The van der Waals surface area contributed by atoms with Crippen LogP contribution in [0.5, 0.6) is 0 Å². The second-order valence-corrected chi connectivity index (χ2v) is 8.90. The fraction of sp³-hybridized carbons (Fsp3) is 0.478. The Labute approximate surface area is 174 Å². The maximum Gasteiger partial charge on any atom is 0.303 e. The molecule has 0 radical (unpaired) electrons. The monoisotopic (exact) mass is 416 g/mol. The van der Waals surface area contributed by atoms with Gasteiger partial charge >= 0.3 is 5.97 Å². The first-order valence-electron chi connectivity index (χ1n) is 10.2. The lowest BCUT2D eigenvalue weighted by atomic mass is 9.86. The van der Waals surface area contributed by atoms with Crippen LogP contribution in [0.25, 0.3) is 10.1 Å². The molecule has 0 unspecified atom stereocenters. The normalized spacial score (nSPS) is 23.2. The van der Waals surface area contributed by atoms with Gasteiger partial charge in [-0.3, -0.25) is 9.59 Å². The number of unbranched alkanes of at least 4 members (excludes halogenated alkanes) is 1. The second kappa shape index (κ2) is 10.1. The molecule has 0 aliphatic heterocycles. The number of carbonyl (C=O) groups is 2. The van der Waals surface area contributed by atoms with Gasteiger partial charge in [0.25, 0.3) is 0 Å². The van der Waals surface area contributed by atoms with Crippen molar-refractivity contribution in [2.45, 2.75) is 57.2 Å². The summed E-state index contributed by atoms with van der Waals surface area (Å²) in [6.07, 6.45) is 5.85. The van der Waals surface area contributed by atoms with Crippen LogP contribution in [-0.4, -0.2) is 33.2 Å². The minimum absolute atomic E-state index is 0.0778. The third kappa shape index (κ3) is 5.75. The van der Waals surface area contributed by atoms with Gasteiger partial charge in [-0.2, -0.15) is 0 Å². The van der Waals surface area contributed by atoms with E-state index in [-0.39, 0.29) is 30.5 Å². The predicted molar refractivity (Wildman–Crippen MR) is 114 cm³/mol. The summed E-state index contributed by atoms with van der Waals surface area (Å²) in [6.45, 7) is 0. The summed E-state index contributed by atoms with van der Waals surface area (Å²) in [5, 5.41) is 30.7. The molecule has 1 heterocycles. The summed E-state index contributed by atoms with van der Waals surface area (Å²) in [5.41, 5.74) is 0. The molecular formula is C23H28O5S. The molecule has 29 heavy (non-hydrogen) atoms. The van der Waals surface area contributed by atoms with Crippen molar-refractivity contribution in [2.75, 3.05) is 0 Å². The number of aliphatic hydroxyl groups is 2. The maximum atomic E-state index is 12.3. The number of carbonyl (C=O) groups excluding carboxylic acids is 1. The van der Waals surface area contributed by atoms with Crippen LogP contribution >= 0.6 is 11.3 Å². The Kier molecular flexibility index (Phi) is 7.58. The minimum Gasteiger partial charge on any atom is -0.481 e. The molecule has 3 rings (SSSR count). The van der Waals surface area contributed by atoms with Crippen LogP contribution in [0, 0.1) is 11.8 Å². The zero-order valence-corrected chi connectivity index (χ0v) is 17.2. The highest BCUT2D eigenvalue weighted by Gasteiger charge is 2.40. The van der Waals surface area contributed by atoms with Crippen molar-refractivity contribution in [3.05, 3.63) is 47.4 Å². The molecule has 1 aromatic heterocycles. The number of Topliss-reactive ketones (excluding diaryl/α,β-unsaturated/α-hetero) is 1. The number of benzene rings is 1. The van der Waals surface area contributed by atoms with Gasteiger partial charge < -0.3 is 15.3 Å². The van der Waals surface area contributed by atoms with E-state index in [0.717, 1.165) is 15.0 Å². The molecule has 3 N–H and O–H groups in total. The van der Waals surface area contributed by atoms with Crippen LogP contribution in [0.2, 0.25) is 0 Å². The molecule has 1 aliphatic carbocycles. The van der Waals surface area contributed by atoms with Gasteiger partial charge in [-0.05, 0) is 55.5 Å². The van der Waals surface area contributed by atoms with E-state index < -0.39 is 18.2 Å². The molecule has 1 aromatic carbocycles. The first kappa shape index (κ1) is 21.7. The Balaban J connectivity index is 1.53. The van der Waals surface area contributed by atoms with E-state index in [0.29, 0.717) is 32.1 Å². The fourth-order valence-electron chi connectivity index (χ4n) is 4.11. The number of hydrogen-bond donors (Lipinski definition) is 3. The third-order valence-corrected chi connectivity index (χ3v) is 6.92. The number of ketones is 1. The number of fused-ring (bicyclic) bond motifs is 1. The molecule has 5 nitrogen and oxygen atoms in total. The highest BCUT2D eigenvalue weighted by molar-refractivity contribution is 7.19. The molecule has 0 bridgehead atoms. The van der Waals surface area contributed by atoms with Crippen molar-refractivity contribution in [1.82, 2.24) is 0 Å². The lowest BCUT2D eigenvalue weighted by Crippen LogP contribution is -2.21. The average molecular weight is 417 g/mol. The molecule has 2 aromatic rings. The fourth-order valence-corrected chi connectivity index (χ4v) is 5.19. The number of carboxylic acids is 1. The van der Waals surface area contributed by atoms with E-state index in [1.54, 1.807) is 11.3 Å². The summed E-state index contributed by atoms with van der Waals surface area (Å²) >= 11 is 1.58. The first-order chi connectivity index (χ1) is 14.0. The van der Waals surface area contributed by atoms with Gasteiger partial charge in [0.1, 0.15) is 5.78 Å². The topological polar surface area (TPSA) is 94.8 Å². The lowest BCUT2D eigenvalue weighted by molar-refractivity contribution is -0.137. The van der Waals surface area contributed by atoms with Gasteiger partial charge in [-0.25, -0.2) is 0 Å². The van der Waals surface area contributed by atoms with Crippen LogP contribution in [0.15, 0.2) is 42.5 Å². The van der Waals surface area contributed by atoms with E-state index in [9.17, 15) is 19.8 Å². The largest absolute Gasteiger partial charge is 0.481 e. The summed E-state index contributed by atoms with van der Waals surface area (Å²) in [5.74, 6) is -1.09. The number of aliphatic hydroxyl groups excluding tert-OH is 2. The zero-order chi connectivity index (χ0) is 20.8. The summed E-state index contributed by atoms with van der Waals surface area (Å²) < 4.78 is 1.14. The lowest BCUT2D eigenvalue weighted by Gasteiger charge is -2.21. The number of rotatable bonds is 10. The third-order valence-electron chi connectivity index (χ3n) is 5.70. The van der Waals surface area contributed by atoms with Crippen molar-refractivity contribution < 1.29 is 24.9 Å². The van der Waals surface area contributed by atoms with Gasteiger partial charge in [-0.15, -0.1) is 11.3 Å². The molecule has 0 amide bonds. The van der Waals surface area contributed by atoms with Crippen molar-refractivity contribution in [2.24, 2.45) is 11.8 Å². The van der Waals surface area contributed by atoms with Gasteiger partial charge in [0.2, 0.25) is 0 Å². The van der Waals surface area contributed by atoms with Crippen LogP contribution in [0.1, 0.15) is 55.9 Å². The Morgan fingerprint density at radius 2 is 2.07 bits per heavy atom. The summed E-state index contributed by atoms with van der Waals surface area (Å²) in [7, 11) is 0. The van der Waals surface area contributed by atoms with Gasteiger partial charge in [-0.1, -0.05) is 30.4 Å². The smallest absolute Gasteiger partial charge is 0.303 e. The number of aliphatic carboxylic acids is 1. The average Bonchev–Trinajstić information content (AvgIpc) is 3.23. The molecule has 1 aliphatic rings. The number of allylic oxidation sites excluding steroid dienone is 2. The Bertz CT molecular complexity index is 838.